The van der Waals surface area contributed by atoms with Gasteiger partial charge in [-0.25, -0.2) is 14.4 Å². The van der Waals surface area contributed by atoms with Crippen molar-refractivity contribution in [2.75, 3.05) is 13.1 Å². The molecule has 0 aliphatic rings. The number of aromatic nitrogens is 2. The average molecular weight is 353 g/mol. The maximum atomic E-state index is 13.7. The Hall–Kier alpha value is -2.89. The zero-order valence-electron chi connectivity index (χ0n) is 15.2. The van der Waals surface area contributed by atoms with E-state index in [-0.39, 0.29) is 5.82 Å². The monoisotopic (exact) mass is 353 g/mol. The van der Waals surface area contributed by atoms with Crippen LogP contribution < -0.4 is 10.6 Å². The van der Waals surface area contributed by atoms with Crippen LogP contribution in [0.15, 0.2) is 53.5 Å². The number of hydrogen-bond donors (Lipinski definition) is 2. The van der Waals surface area contributed by atoms with Gasteiger partial charge in [-0.1, -0.05) is 30.3 Å². The van der Waals surface area contributed by atoms with E-state index in [1.165, 1.54) is 6.07 Å². The second kappa shape index (κ2) is 8.47. The lowest BCUT2D eigenvalue weighted by molar-refractivity contribution is 0.606. The fourth-order valence-electron chi connectivity index (χ4n) is 2.85. The number of hydrogen-bond acceptors (Lipinski definition) is 2. The third-order valence-corrected chi connectivity index (χ3v) is 4.25. The molecule has 2 N–H and O–H groups in total. The quantitative estimate of drug-likeness (QED) is 0.529. The molecule has 3 aromatic rings. The number of halogens is 1. The first-order valence-electron chi connectivity index (χ1n) is 8.85. The Kier molecular flexibility index (Phi) is 5.84. The molecule has 0 radical (unpaired) electrons. The van der Waals surface area contributed by atoms with Crippen LogP contribution in [0.1, 0.15) is 18.3 Å². The van der Waals surface area contributed by atoms with Crippen molar-refractivity contribution in [1.82, 2.24) is 20.2 Å². The van der Waals surface area contributed by atoms with E-state index in [1.54, 1.807) is 12.1 Å². The number of imidazole rings is 1. The predicted octanol–water partition coefficient (Wildman–Crippen LogP) is 3.01. The van der Waals surface area contributed by atoms with Crippen LogP contribution in [0.2, 0.25) is 0 Å². The standard InChI is InChI=1S/C20H24FN5/c1-3-22-20(23-13-12-15-8-4-5-9-16(15)21)24-14-19-25-17-10-6-7-11-18(17)26(19)2/h4-11H,3,12-14H2,1-2H3,(H2,22,23,24). The zero-order valence-corrected chi connectivity index (χ0v) is 15.2. The van der Waals surface area contributed by atoms with Gasteiger partial charge in [0.1, 0.15) is 18.2 Å². The Morgan fingerprint density at radius 2 is 1.88 bits per heavy atom. The minimum atomic E-state index is -0.170. The van der Waals surface area contributed by atoms with Gasteiger partial charge in [0.05, 0.1) is 11.0 Å². The summed E-state index contributed by atoms with van der Waals surface area (Å²) in [5.74, 6) is 1.43. The third kappa shape index (κ3) is 4.20. The summed E-state index contributed by atoms with van der Waals surface area (Å²) >= 11 is 0. The molecule has 136 valence electrons. The van der Waals surface area contributed by atoms with Gasteiger partial charge in [0.15, 0.2) is 5.96 Å². The minimum absolute atomic E-state index is 0.170. The van der Waals surface area contributed by atoms with Crippen LogP contribution in [-0.2, 0) is 20.0 Å². The number of aliphatic imine (C=N–C) groups is 1. The zero-order chi connectivity index (χ0) is 18.4. The van der Waals surface area contributed by atoms with Crippen molar-refractivity contribution < 1.29 is 4.39 Å². The summed E-state index contributed by atoms with van der Waals surface area (Å²) in [5.41, 5.74) is 2.76. The lowest BCUT2D eigenvalue weighted by Gasteiger charge is -2.11. The van der Waals surface area contributed by atoms with E-state index in [4.69, 9.17) is 0 Å². The highest BCUT2D eigenvalue weighted by atomic mass is 19.1. The topological polar surface area (TPSA) is 54.2 Å². The molecule has 0 amide bonds. The van der Waals surface area contributed by atoms with Crippen LogP contribution in [0, 0.1) is 5.82 Å². The summed E-state index contributed by atoms with van der Waals surface area (Å²) in [6, 6.07) is 14.9. The first-order valence-corrected chi connectivity index (χ1v) is 8.85. The number of para-hydroxylation sites is 2. The second-order valence-electron chi connectivity index (χ2n) is 6.04. The molecule has 0 atom stereocenters. The first kappa shape index (κ1) is 17.9. The summed E-state index contributed by atoms with van der Waals surface area (Å²) in [5, 5.41) is 6.47. The minimum Gasteiger partial charge on any atom is -0.357 e. The molecule has 0 fully saturated rings. The van der Waals surface area contributed by atoms with Gasteiger partial charge in [-0.3, -0.25) is 0 Å². The molecule has 2 aromatic carbocycles. The highest BCUT2D eigenvalue weighted by Gasteiger charge is 2.07. The van der Waals surface area contributed by atoms with Crippen molar-refractivity contribution in [3.8, 4) is 0 Å². The largest absolute Gasteiger partial charge is 0.357 e. The number of aryl methyl sites for hydroxylation is 1. The molecule has 1 heterocycles. The van der Waals surface area contributed by atoms with Crippen molar-refractivity contribution in [2.24, 2.45) is 12.0 Å². The normalized spacial score (nSPS) is 11.7. The van der Waals surface area contributed by atoms with Crippen molar-refractivity contribution >= 4 is 17.0 Å². The molecule has 0 saturated heterocycles. The Morgan fingerprint density at radius 3 is 2.65 bits per heavy atom. The molecule has 5 nitrogen and oxygen atoms in total. The van der Waals surface area contributed by atoms with E-state index in [9.17, 15) is 4.39 Å². The van der Waals surface area contributed by atoms with Crippen molar-refractivity contribution in [3.05, 3.63) is 65.7 Å². The van der Waals surface area contributed by atoms with E-state index in [1.807, 2.05) is 44.3 Å². The Bertz CT molecular complexity index is 900. The van der Waals surface area contributed by atoms with Gasteiger partial charge in [0.2, 0.25) is 0 Å². The molecular formula is C20H24FN5. The van der Waals surface area contributed by atoms with Crippen molar-refractivity contribution in [2.45, 2.75) is 19.9 Å². The van der Waals surface area contributed by atoms with E-state index < -0.39 is 0 Å². The molecule has 26 heavy (non-hydrogen) atoms. The SMILES string of the molecule is CCNC(=NCc1nc2ccccc2n1C)NCCc1ccccc1F. The highest BCUT2D eigenvalue weighted by molar-refractivity contribution is 5.80. The van der Waals surface area contributed by atoms with Gasteiger partial charge in [0, 0.05) is 20.1 Å². The number of rotatable bonds is 6. The molecule has 0 saturated carbocycles. The number of nitrogens with zero attached hydrogens (tertiary/aromatic N) is 3. The molecular weight excluding hydrogens is 329 g/mol. The lowest BCUT2D eigenvalue weighted by Crippen LogP contribution is -2.38. The maximum Gasteiger partial charge on any atom is 0.191 e. The maximum absolute atomic E-state index is 13.7. The summed E-state index contributed by atoms with van der Waals surface area (Å²) in [6.45, 7) is 3.85. The summed E-state index contributed by atoms with van der Waals surface area (Å²) in [4.78, 5) is 9.25. The number of fused-ring (bicyclic) bond motifs is 1. The highest BCUT2D eigenvalue weighted by Crippen LogP contribution is 2.14. The van der Waals surface area contributed by atoms with E-state index >= 15 is 0 Å². The second-order valence-corrected chi connectivity index (χ2v) is 6.04. The first-order chi connectivity index (χ1) is 12.7. The summed E-state index contributed by atoms with van der Waals surface area (Å²) in [7, 11) is 2.00. The van der Waals surface area contributed by atoms with Crippen LogP contribution in [0.4, 0.5) is 4.39 Å². The van der Waals surface area contributed by atoms with Gasteiger partial charge in [0.25, 0.3) is 0 Å². The fraction of sp³-hybridized carbons (Fsp3) is 0.300. The van der Waals surface area contributed by atoms with Crippen LogP contribution in [0.5, 0.6) is 0 Å². The molecule has 0 unspecified atom stereocenters. The summed E-state index contributed by atoms with van der Waals surface area (Å²) in [6.07, 6.45) is 0.601. The third-order valence-electron chi connectivity index (χ3n) is 4.25. The van der Waals surface area contributed by atoms with Gasteiger partial charge in [-0.05, 0) is 37.1 Å². The molecule has 1 aromatic heterocycles. The van der Waals surface area contributed by atoms with Gasteiger partial charge < -0.3 is 15.2 Å². The molecule has 0 aliphatic carbocycles. The van der Waals surface area contributed by atoms with E-state index in [2.05, 4.69) is 25.2 Å². The Labute approximate surface area is 153 Å². The smallest absolute Gasteiger partial charge is 0.191 e. The molecule has 3 rings (SSSR count). The predicted molar refractivity (Wildman–Crippen MR) is 104 cm³/mol. The van der Waals surface area contributed by atoms with Crippen LogP contribution in [0.3, 0.4) is 0 Å². The van der Waals surface area contributed by atoms with Crippen molar-refractivity contribution in [3.63, 3.8) is 0 Å². The van der Waals surface area contributed by atoms with E-state index in [0.29, 0.717) is 31.0 Å². The molecule has 0 aliphatic heterocycles. The Morgan fingerprint density at radius 1 is 1.12 bits per heavy atom. The molecule has 0 spiro atoms. The van der Waals surface area contributed by atoms with Gasteiger partial charge in [-0.15, -0.1) is 0 Å². The number of nitrogens with one attached hydrogen (secondary N) is 2. The van der Waals surface area contributed by atoms with E-state index in [0.717, 1.165) is 23.4 Å². The summed E-state index contributed by atoms with van der Waals surface area (Å²) < 4.78 is 15.7. The van der Waals surface area contributed by atoms with Crippen molar-refractivity contribution in [1.29, 1.82) is 0 Å². The van der Waals surface area contributed by atoms with Crippen LogP contribution in [-0.4, -0.2) is 28.6 Å². The fourth-order valence-corrected chi connectivity index (χ4v) is 2.85. The van der Waals surface area contributed by atoms with Crippen LogP contribution in [0.25, 0.3) is 11.0 Å². The molecule has 0 bridgehead atoms. The number of benzene rings is 2. The van der Waals surface area contributed by atoms with Gasteiger partial charge in [-0.2, -0.15) is 0 Å². The van der Waals surface area contributed by atoms with Crippen LogP contribution >= 0.6 is 0 Å². The number of guanidine groups is 1. The van der Waals surface area contributed by atoms with Gasteiger partial charge >= 0.3 is 0 Å². The Balaban J connectivity index is 1.64. The lowest BCUT2D eigenvalue weighted by atomic mass is 10.1. The average Bonchev–Trinajstić information content (AvgIpc) is 2.97. The molecule has 6 heteroatoms.